The second-order valence-electron chi connectivity index (χ2n) is 6.07. The summed E-state index contributed by atoms with van der Waals surface area (Å²) < 4.78 is 0. The molecule has 1 unspecified atom stereocenters. The molecule has 0 amide bonds. The van der Waals surface area contributed by atoms with Crippen molar-refractivity contribution in [3.05, 3.63) is 59.9 Å². The number of rotatable bonds is 4. The number of aryl methyl sites for hydroxylation is 2. The van der Waals surface area contributed by atoms with Crippen LogP contribution in [0.1, 0.15) is 29.5 Å². The van der Waals surface area contributed by atoms with Gasteiger partial charge < -0.3 is 10.2 Å². The molecule has 7 nitrogen and oxygen atoms in total. The van der Waals surface area contributed by atoms with E-state index in [1.807, 2.05) is 38.1 Å². The molecule has 4 heterocycles. The molecule has 1 fully saturated rings. The van der Waals surface area contributed by atoms with Gasteiger partial charge in [0.2, 0.25) is 5.95 Å². The Labute approximate surface area is 146 Å². The van der Waals surface area contributed by atoms with Gasteiger partial charge >= 0.3 is 0 Å². The topological polar surface area (TPSA) is 79.7 Å². The molecule has 126 valence electrons. The molecule has 0 radical (unpaired) electrons. The summed E-state index contributed by atoms with van der Waals surface area (Å²) in [6, 6.07) is 7.92. The van der Waals surface area contributed by atoms with Crippen LogP contribution in [0.4, 0.5) is 17.6 Å². The molecule has 25 heavy (non-hydrogen) atoms. The Morgan fingerprint density at radius 2 is 1.84 bits per heavy atom. The van der Waals surface area contributed by atoms with Crippen LogP contribution in [0.5, 0.6) is 0 Å². The zero-order valence-electron chi connectivity index (χ0n) is 14.2. The second-order valence-corrected chi connectivity index (χ2v) is 6.07. The van der Waals surface area contributed by atoms with Crippen molar-refractivity contribution >= 4 is 17.6 Å². The first-order chi connectivity index (χ1) is 12.2. The summed E-state index contributed by atoms with van der Waals surface area (Å²) in [6.45, 7) is 4.85. The van der Waals surface area contributed by atoms with E-state index in [-0.39, 0.29) is 6.04 Å². The predicted molar refractivity (Wildman–Crippen MR) is 95.8 cm³/mol. The summed E-state index contributed by atoms with van der Waals surface area (Å²) in [4.78, 5) is 24.4. The molecule has 1 atom stereocenters. The van der Waals surface area contributed by atoms with Crippen LogP contribution < -0.4 is 10.2 Å². The monoisotopic (exact) mass is 333 g/mol. The van der Waals surface area contributed by atoms with Crippen LogP contribution in [0.3, 0.4) is 0 Å². The zero-order chi connectivity index (χ0) is 17.2. The van der Waals surface area contributed by atoms with Gasteiger partial charge in [0.1, 0.15) is 17.5 Å². The number of anilines is 3. The summed E-state index contributed by atoms with van der Waals surface area (Å²) in [5.41, 5.74) is 2.05. The van der Waals surface area contributed by atoms with Crippen molar-refractivity contribution < 1.29 is 0 Å². The van der Waals surface area contributed by atoms with Gasteiger partial charge in [0.05, 0.1) is 11.7 Å². The van der Waals surface area contributed by atoms with Crippen LogP contribution in [-0.4, -0.2) is 31.5 Å². The maximum Gasteiger partial charge on any atom is 0.225 e. The van der Waals surface area contributed by atoms with Gasteiger partial charge in [-0.05, 0) is 38.0 Å². The SMILES string of the molecule is Cc1nc(Nc2ncccc2C)cc(C2CCN2c2ncccn2)n1. The van der Waals surface area contributed by atoms with Crippen molar-refractivity contribution in [1.29, 1.82) is 0 Å². The Morgan fingerprint density at radius 1 is 1.04 bits per heavy atom. The first-order valence-corrected chi connectivity index (χ1v) is 8.28. The van der Waals surface area contributed by atoms with Crippen LogP contribution in [-0.2, 0) is 0 Å². The van der Waals surface area contributed by atoms with Crippen molar-refractivity contribution in [2.75, 3.05) is 16.8 Å². The van der Waals surface area contributed by atoms with E-state index in [0.717, 1.165) is 47.6 Å². The molecule has 7 heteroatoms. The van der Waals surface area contributed by atoms with E-state index in [9.17, 15) is 0 Å². The standard InChI is InChI=1S/C18H19N7/c1-12-5-3-7-19-17(12)24-16-11-14(22-13(2)23-16)15-6-10-25(15)18-20-8-4-9-21-18/h3-5,7-9,11,15H,6,10H2,1-2H3,(H,19,22,23,24). The highest BCUT2D eigenvalue weighted by Gasteiger charge is 2.32. The highest BCUT2D eigenvalue weighted by atomic mass is 15.3. The maximum absolute atomic E-state index is 4.63. The third-order valence-electron chi connectivity index (χ3n) is 4.28. The lowest BCUT2D eigenvalue weighted by molar-refractivity contribution is 0.444. The van der Waals surface area contributed by atoms with Crippen LogP contribution in [0.2, 0.25) is 0 Å². The van der Waals surface area contributed by atoms with Crippen molar-refractivity contribution in [2.45, 2.75) is 26.3 Å². The van der Waals surface area contributed by atoms with Gasteiger partial charge in [0, 0.05) is 31.2 Å². The number of nitrogens with zero attached hydrogens (tertiary/aromatic N) is 6. The Morgan fingerprint density at radius 3 is 2.56 bits per heavy atom. The minimum absolute atomic E-state index is 0.175. The number of aromatic nitrogens is 5. The third-order valence-corrected chi connectivity index (χ3v) is 4.28. The lowest BCUT2D eigenvalue weighted by Gasteiger charge is -2.40. The fourth-order valence-corrected chi connectivity index (χ4v) is 2.94. The average molecular weight is 333 g/mol. The highest BCUT2D eigenvalue weighted by molar-refractivity contribution is 5.56. The Bertz CT molecular complexity index is 882. The van der Waals surface area contributed by atoms with Crippen molar-refractivity contribution in [3.8, 4) is 0 Å². The van der Waals surface area contributed by atoms with Gasteiger partial charge in [-0.3, -0.25) is 0 Å². The smallest absolute Gasteiger partial charge is 0.225 e. The molecular formula is C18H19N7. The number of hydrogen-bond donors (Lipinski definition) is 1. The van der Waals surface area contributed by atoms with Crippen LogP contribution in [0.25, 0.3) is 0 Å². The third kappa shape index (κ3) is 3.13. The van der Waals surface area contributed by atoms with Gasteiger partial charge in [-0.25, -0.2) is 24.9 Å². The van der Waals surface area contributed by atoms with E-state index in [2.05, 4.69) is 35.1 Å². The zero-order valence-corrected chi connectivity index (χ0v) is 14.2. The molecular weight excluding hydrogens is 314 g/mol. The molecule has 1 saturated heterocycles. The Kier molecular flexibility index (Phi) is 3.97. The summed E-state index contributed by atoms with van der Waals surface area (Å²) in [7, 11) is 0. The quantitative estimate of drug-likeness (QED) is 0.786. The fourth-order valence-electron chi connectivity index (χ4n) is 2.94. The predicted octanol–water partition coefficient (Wildman–Crippen LogP) is 2.97. The number of pyridine rings is 1. The van der Waals surface area contributed by atoms with Gasteiger partial charge in [-0.2, -0.15) is 0 Å². The molecule has 3 aromatic rings. The van der Waals surface area contributed by atoms with Gasteiger partial charge in [0.15, 0.2) is 0 Å². The number of nitrogens with one attached hydrogen (secondary N) is 1. The van der Waals surface area contributed by atoms with Crippen LogP contribution >= 0.6 is 0 Å². The molecule has 0 aliphatic carbocycles. The maximum atomic E-state index is 4.63. The fraction of sp³-hybridized carbons (Fsp3) is 0.278. The molecule has 0 bridgehead atoms. The molecule has 1 aliphatic heterocycles. The van der Waals surface area contributed by atoms with E-state index in [0.29, 0.717) is 0 Å². The van der Waals surface area contributed by atoms with E-state index >= 15 is 0 Å². The van der Waals surface area contributed by atoms with Crippen molar-refractivity contribution in [1.82, 2.24) is 24.9 Å². The molecule has 1 N–H and O–H groups in total. The minimum Gasteiger partial charge on any atom is -0.332 e. The lowest BCUT2D eigenvalue weighted by Crippen LogP contribution is -2.42. The largest absolute Gasteiger partial charge is 0.332 e. The summed E-state index contributed by atoms with van der Waals surface area (Å²) in [5.74, 6) is 3.04. The van der Waals surface area contributed by atoms with Gasteiger partial charge in [0.25, 0.3) is 0 Å². The molecule has 4 rings (SSSR count). The Hall–Kier alpha value is -3.09. The molecule has 0 spiro atoms. The average Bonchev–Trinajstić information content (AvgIpc) is 2.56. The summed E-state index contributed by atoms with van der Waals surface area (Å²) in [5, 5.41) is 3.30. The first-order valence-electron chi connectivity index (χ1n) is 8.28. The molecule has 0 aromatic carbocycles. The van der Waals surface area contributed by atoms with E-state index in [1.165, 1.54) is 0 Å². The van der Waals surface area contributed by atoms with Crippen molar-refractivity contribution in [2.24, 2.45) is 0 Å². The van der Waals surface area contributed by atoms with Crippen LogP contribution in [0.15, 0.2) is 42.9 Å². The summed E-state index contributed by atoms with van der Waals surface area (Å²) in [6.07, 6.45) is 6.32. The Balaban J connectivity index is 1.61. The van der Waals surface area contributed by atoms with Gasteiger partial charge in [-0.1, -0.05) is 6.07 Å². The van der Waals surface area contributed by atoms with Gasteiger partial charge in [-0.15, -0.1) is 0 Å². The summed E-state index contributed by atoms with van der Waals surface area (Å²) >= 11 is 0. The van der Waals surface area contributed by atoms with E-state index < -0.39 is 0 Å². The molecule has 1 aliphatic rings. The van der Waals surface area contributed by atoms with Crippen molar-refractivity contribution in [3.63, 3.8) is 0 Å². The lowest BCUT2D eigenvalue weighted by atomic mass is 10.00. The first kappa shape index (κ1) is 15.4. The van der Waals surface area contributed by atoms with E-state index in [1.54, 1.807) is 18.6 Å². The second kappa shape index (κ2) is 6.43. The van der Waals surface area contributed by atoms with Crippen LogP contribution in [0, 0.1) is 13.8 Å². The highest BCUT2D eigenvalue weighted by Crippen LogP contribution is 2.35. The number of hydrogen-bond acceptors (Lipinski definition) is 7. The normalized spacial score (nSPS) is 16.4. The molecule has 0 saturated carbocycles. The molecule has 3 aromatic heterocycles. The van der Waals surface area contributed by atoms with E-state index in [4.69, 9.17) is 0 Å². The minimum atomic E-state index is 0.175.